The molecule has 1 aromatic rings. The molecule has 0 radical (unpaired) electrons. The van der Waals surface area contributed by atoms with Gasteiger partial charge in [0.1, 0.15) is 11.5 Å². The van der Waals surface area contributed by atoms with Crippen molar-refractivity contribution in [3.05, 3.63) is 23.8 Å². The molecule has 0 aliphatic rings. The van der Waals surface area contributed by atoms with Gasteiger partial charge < -0.3 is 20.1 Å². The summed E-state index contributed by atoms with van der Waals surface area (Å²) in [6, 6.07) is 5.62. The summed E-state index contributed by atoms with van der Waals surface area (Å²) < 4.78 is 10.8. The first-order valence-electron chi connectivity index (χ1n) is 5.86. The summed E-state index contributed by atoms with van der Waals surface area (Å²) in [6.45, 7) is 1.05. The fraction of sp³-hybridized carbons (Fsp3) is 0.462. The maximum Gasteiger partial charge on any atom is 0.223 e. The number of carbonyl (C=O) groups excluding carboxylic acids is 1. The molecule has 0 heterocycles. The fourth-order valence-electron chi connectivity index (χ4n) is 1.53. The third kappa shape index (κ3) is 4.25. The molecule has 0 saturated carbocycles. The van der Waals surface area contributed by atoms with Gasteiger partial charge in [0.25, 0.3) is 0 Å². The Kier molecular flexibility index (Phi) is 6.00. The number of carbonyl (C=O) groups is 1. The summed E-state index contributed by atoms with van der Waals surface area (Å²) in [5.74, 6) is 1.53. The molecule has 2 N–H and O–H groups in total. The lowest BCUT2D eigenvalue weighted by Gasteiger charge is -2.12. The van der Waals surface area contributed by atoms with E-state index < -0.39 is 0 Å². The van der Waals surface area contributed by atoms with Crippen LogP contribution < -0.4 is 20.1 Å². The van der Waals surface area contributed by atoms with Gasteiger partial charge in [0.2, 0.25) is 5.91 Å². The van der Waals surface area contributed by atoms with Crippen LogP contribution in [0.25, 0.3) is 0 Å². The molecule has 1 rings (SSSR count). The molecular formula is C13H20N2O3. The molecule has 0 atom stereocenters. The fourth-order valence-corrected chi connectivity index (χ4v) is 1.53. The minimum absolute atomic E-state index is 0.0290. The summed E-state index contributed by atoms with van der Waals surface area (Å²) >= 11 is 0. The van der Waals surface area contributed by atoms with Crippen molar-refractivity contribution in [1.29, 1.82) is 0 Å². The summed E-state index contributed by atoms with van der Waals surface area (Å²) in [4.78, 5) is 11.1. The van der Waals surface area contributed by atoms with E-state index in [-0.39, 0.29) is 5.91 Å². The lowest BCUT2D eigenvalue weighted by atomic mass is 10.2. The first-order valence-corrected chi connectivity index (χ1v) is 5.86. The monoisotopic (exact) mass is 252 g/mol. The third-order valence-electron chi connectivity index (χ3n) is 2.50. The normalized spacial score (nSPS) is 9.94. The average Bonchev–Trinajstić information content (AvgIpc) is 2.40. The van der Waals surface area contributed by atoms with Gasteiger partial charge in [-0.3, -0.25) is 4.79 Å². The van der Waals surface area contributed by atoms with Crippen LogP contribution in [0.4, 0.5) is 0 Å². The Bertz CT molecular complexity index is 394. The predicted molar refractivity (Wildman–Crippen MR) is 69.9 cm³/mol. The zero-order chi connectivity index (χ0) is 13.4. The third-order valence-corrected chi connectivity index (χ3v) is 2.50. The number of hydrogen-bond acceptors (Lipinski definition) is 4. The Morgan fingerprint density at radius 2 is 2.11 bits per heavy atom. The molecule has 0 fully saturated rings. The number of amides is 1. The first kappa shape index (κ1) is 14.3. The highest BCUT2D eigenvalue weighted by atomic mass is 16.5. The van der Waals surface area contributed by atoms with E-state index in [0.29, 0.717) is 19.6 Å². The Morgan fingerprint density at radius 3 is 2.72 bits per heavy atom. The van der Waals surface area contributed by atoms with Crippen LogP contribution in [-0.4, -0.2) is 33.7 Å². The standard InChI is InChI=1S/C13H20N2O3/c1-14-9-10-8-11(17-3)4-5-12(10)18-7-6-13(16)15-2/h4-5,8,14H,6-7,9H2,1-3H3,(H,15,16). The topological polar surface area (TPSA) is 59.6 Å². The van der Waals surface area contributed by atoms with Crippen molar-refractivity contribution >= 4 is 5.91 Å². The van der Waals surface area contributed by atoms with Crippen molar-refractivity contribution in [3.63, 3.8) is 0 Å². The second-order valence-electron chi connectivity index (χ2n) is 3.78. The van der Waals surface area contributed by atoms with Gasteiger partial charge in [0.15, 0.2) is 0 Å². The lowest BCUT2D eigenvalue weighted by molar-refractivity contribution is -0.121. The molecule has 0 unspecified atom stereocenters. The molecule has 0 spiro atoms. The van der Waals surface area contributed by atoms with E-state index in [0.717, 1.165) is 17.1 Å². The van der Waals surface area contributed by atoms with E-state index in [1.54, 1.807) is 14.2 Å². The molecule has 0 saturated heterocycles. The number of methoxy groups -OCH3 is 1. The van der Waals surface area contributed by atoms with E-state index in [9.17, 15) is 4.79 Å². The largest absolute Gasteiger partial charge is 0.497 e. The molecule has 0 bridgehead atoms. The molecule has 0 aliphatic carbocycles. The quantitative estimate of drug-likeness (QED) is 0.758. The highest BCUT2D eigenvalue weighted by Gasteiger charge is 2.06. The van der Waals surface area contributed by atoms with Crippen LogP contribution in [0.2, 0.25) is 0 Å². The van der Waals surface area contributed by atoms with Gasteiger partial charge in [0, 0.05) is 19.2 Å². The summed E-state index contributed by atoms with van der Waals surface area (Å²) in [5.41, 5.74) is 1.01. The average molecular weight is 252 g/mol. The van der Waals surface area contributed by atoms with Gasteiger partial charge >= 0.3 is 0 Å². The summed E-state index contributed by atoms with van der Waals surface area (Å²) in [5, 5.41) is 5.63. The Hall–Kier alpha value is -1.75. The lowest BCUT2D eigenvalue weighted by Crippen LogP contribution is -2.20. The van der Waals surface area contributed by atoms with Crippen LogP contribution in [-0.2, 0) is 11.3 Å². The van der Waals surface area contributed by atoms with Gasteiger partial charge in [-0.25, -0.2) is 0 Å². The highest BCUT2D eigenvalue weighted by Crippen LogP contribution is 2.24. The Morgan fingerprint density at radius 1 is 1.33 bits per heavy atom. The molecular weight excluding hydrogens is 232 g/mol. The zero-order valence-electron chi connectivity index (χ0n) is 11.1. The minimum Gasteiger partial charge on any atom is -0.497 e. The van der Waals surface area contributed by atoms with E-state index in [1.165, 1.54) is 0 Å². The van der Waals surface area contributed by atoms with E-state index >= 15 is 0 Å². The molecule has 100 valence electrons. The van der Waals surface area contributed by atoms with Gasteiger partial charge in [-0.1, -0.05) is 0 Å². The van der Waals surface area contributed by atoms with Crippen molar-refractivity contribution < 1.29 is 14.3 Å². The molecule has 5 heteroatoms. The maximum absolute atomic E-state index is 11.1. The summed E-state index contributed by atoms with van der Waals surface area (Å²) in [6.07, 6.45) is 0.349. The number of rotatable bonds is 7. The van der Waals surface area contributed by atoms with E-state index in [4.69, 9.17) is 9.47 Å². The van der Waals surface area contributed by atoms with Crippen molar-refractivity contribution in [3.8, 4) is 11.5 Å². The van der Waals surface area contributed by atoms with Crippen LogP contribution in [0.3, 0.4) is 0 Å². The molecule has 5 nitrogen and oxygen atoms in total. The number of ether oxygens (including phenoxy) is 2. The van der Waals surface area contributed by atoms with E-state index in [1.807, 2.05) is 25.2 Å². The van der Waals surface area contributed by atoms with Gasteiger partial charge in [-0.15, -0.1) is 0 Å². The van der Waals surface area contributed by atoms with Crippen molar-refractivity contribution in [1.82, 2.24) is 10.6 Å². The Balaban J connectivity index is 2.65. The number of benzene rings is 1. The van der Waals surface area contributed by atoms with Gasteiger partial charge in [0.05, 0.1) is 20.1 Å². The smallest absolute Gasteiger partial charge is 0.223 e. The highest BCUT2D eigenvalue weighted by molar-refractivity contribution is 5.75. The minimum atomic E-state index is -0.0290. The van der Waals surface area contributed by atoms with Crippen molar-refractivity contribution in [2.45, 2.75) is 13.0 Å². The van der Waals surface area contributed by atoms with Crippen molar-refractivity contribution in [2.75, 3.05) is 27.8 Å². The van der Waals surface area contributed by atoms with Crippen LogP contribution in [0, 0.1) is 0 Å². The van der Waals surface area contributed by atoms with Gasteiger partial charge in [-0.05, 0) is 25.2 Å². The first-order chi connectivity index (χ1) is 8.71. The van der Waals surface area contributed by atoms with Crippen LogP contribution in [0.15, 0.2) is 18.2 Å². The van der Waals surface area contributed by atoms with Crippen LogP contribution >= 0.6 is 0 Å². The summed E-state index contributed by atoms with van der Waals surface area (Å²) in [7, 11) is 5.11. The van der Waals surface area contributed by atoms with Crippen molar-refractivity contribution in [2.24, 2.45) is 0 Å². The van der Waals surface area contributed by atoms with Crippen LogP contribution in [0.1, 0.15) is 12.0 Å². The Labute approximate surface area is 107 Å². The molecule has 1 aromatic carbocycles. The molecule has 18 heavy (non-hydrogen) atoms. The zero-order valence-corrected chi connectivity index (χ0v) is 11.1. The second kappa shape index (κ2) is 7.55. The maximum atomic E-state index is 11.1. The second-order valence-corrected chi connectivity index (χ2v) is 3.78. The van der Waals surface area contributed by atoms with E-state index in [2.05, 4.69) is 10.6 Å². The molecule has 0 aliphatic heterocycles. The predicted octanol–water partition coefficient (Wildman–Crippen LogP) is 0.929. The number of nitrogens with one attached hydrogen (secondary N) is 2. The van der Waals surface area contributed by atoms with Crippen LogP contribution in [0.5, 0.6) is 11.5 Å². The van der Waals surface area contributed by atoms with Gasteiger partial charge in [-0.2, -0.15) is 0 Å². The molecule has 1 amide bonds. The molecule has 0 aromatic heterocycles. The number of hydrogen-bond donors (Lipinski definition) is 2. The SMILES string of the molecule is CNCc1cc(OC)ccc1OCCC(=O)NC.